The van der Waals surface area contributed by atoms with E-state index in [1.54, 1.807) is 11.1 Å². The van der Waals surface area contributed by atoms with E-state index in [9.17, 15) is 4.79 Å². The Kier molecular flexibility index (Phi) is 4.96. The molecule has 3 heteroatoms. The molecule has 5 aliphatic rings. The Morgan fingerprint density at radius 1 is 1.09 bits per heavy atom. The van der Waals surface area contributed by atoms with Crippen molar-refractivity contribution in [3.8, 4) is 0 Å². The molecule has 1 aromatic carbocycles. The topological polar surface area (TPSA) is 29.5 Å². The molecule has 0 unspecified atom stereocenters. The van der Waals surface area contributed by atoms with Gasteiger partial charge in [0.1, 0.15) is 0 Å². The molecule has 6 atom stereocenters. The van der Waals surface area contributed by atoms with Crippen LogP contribution < -0.4 is 4.90 Å². The zero-order valence-electron chi connectivity index (χ0n) is 20.8. The quantitative estimate of drug-likeness (QED) is 0.524. The number of benzene rings is 1. The average molecular weight is 446 g/mol. The third-order valence-electron chi connectivity index (χ3n) is 10.3. The smallest absolute Gasteiger partial charge is 0.156 e. The molecule has 6 rings (SSSR count). The number of ketones is 1. The normalized spacial score (nSPS) is 39.9. The van der Waals surface area contributed by atoms with Gasteiger partial charge in [-0.25, -0.2) is 0 Å². The molecule has 3 nitrogen and oxygen atoms in total. The molecule has 4 aliphatic carbocycles. The van der Waals surface area contributed by atoms with Crippen LogP contribution in [0.25, 0.3) is 0 Å². The van der Waals surface area contributed by atoms with Gasteiger partial charge in [-0.05, 0) is 97.6 Å². The van der Waals surface area contributed by atoms with Gasteiger partial charge in [-0.15, -0.1) is 0 Å². The van der Waals surface area contributed by atoms with Gasteiger partial charge in [0.2, 0.25) is 0 Å². The fourth-order valence-electron chi connectivity index (χ4n) is 8.68. The Morgan fingerprint density at radius 3 is 2.58 bits per heavy atom. The van der Waals surface area contributed by atoms with Crippen molar-refractivity contribution in [2.45, 2.75) is 76.7 Å². The predicted octanol–water partition coefficient (Wildman–Crippen LogP) is 6.45. The molecule has 1 saturated heterocycles. The standard InChI is InChI=1S/C30H39NO2/c1-19-16-25-27-12-14-30(13-5-15-33-30)29(27,2)18-26(20-6-8-21(9-7-20)31(3)4)28(25)23-11-10-22(32)17-24(19)23/h6-9,17,19,25-27H,5,10-16,18H2,1-4H3/t19-,25-,26+,27-,29-,30-/m0/s1. The van der Waals surface area contributed by atoms with Crippen molar-refractivity contribution in [1.82, 2.24) is 0 Å². The van der Waals surface area contributed by atoms with Gasteiger partial charge in [-0.2, -0.15) is 0 Å². The molecule has 0 amide bonds. The number of hydrogen-bond donors (Lipinski definition) is 0. The van der Waals surface area contributed by atoms with Crippen molar-refractivity contribution in [2.24, 2.45) is 23.2 Å². The average Bonchev–Trinajstić information content (AvgIpc) is 3.39. The summed E-state index contributed by atoms with van der Waals surface area (Å²) >= 11 is 0. The fourth-order valence-corrected chi connectivity index (χ4v) is 8.68. The highest BCUT2D eigenvalue weighted by Gasteiger charge is 2.64. The molecule has 1 aliphatic heterocycles. The molecule has 0 aromatic heterocycles. The second-order valence-corrected chi connectivity index (χ2v) is 12.0. The first-order chi connectivity index (χ1) is 15.8. The lowest BCUT2D eigenvalue weighted by atomic mass is 9.50. The van der Waals surface area contributed by atoms with E-state index in [0.717, 1.165) is 13.0 Å². The lowest BCUT2D eigenvalue weighted by Gasteiger charge is -2.56. The Bertz CT molecular complexity index is 1030. The minimum atomic E-state index is 0.0809. The summed E-state index contributed by atoms with van der Waals surface area (Å²) in [5, 5.41) is 0. The summed E-state index contributed by atoms with van der Waals surface area (Å²) in [6.45, 7) is 5.89. The second kappa shape index (κ2) is 7.57. The van der Waals surface area contributed by atoms with Crippen LogP contribution in [0.15, 0.2) is 47.1 Å². The highest BCUT2D eigenvalue weighted by atomic mass is 16.5. The summed E-state index contributed by atoms with van der Waals surface area (Å²) in [5.74, 6) is 2.58. The van der Waals surface area contributed by atoms with E-state index in [0.29, 0.717) is 35.9 Å². The van der Waals surface area contributed by atoms with Crippen LogP contribution in [0.3, 0.4) is 0 Å². The number of carbonyl (C=O) groups excluding carboxylic acids is 1. The van der Waals surface area contributed by atoms with Gasteiger partial charge < -0.3 is 9.64 Å². The van der Waals surface area contributed by atoms with Crippen LogP contribution in [0.1, 0.15) is 76.7 Å². The summed E-state index contributed by atoms with van der Waals surface area (Å²) in [6, 6.07) is 9.32. The molecular weight excluding hydrogens is 406 g/mol. The van der Waals surface area contributed by atoms with Gasteiger partial charge in [0.05, 0.1) is 5.60 Å². The zero-order valence-corrected chi connectivity index (χ0v) is 20.8. The first-order valence-electron chi connectivity index (χ1n) is 13.2. The lowest BCUT2D eigenvalue weighted by molar-refractivity contribution is -0.115. The molecule has 0 radical (unpaired) electrons. The number of carbonyl (C=O) groups is 1. The minimum Gasteiger partial charge on any atom is -0.378 e. The summed E-state index contributed by atoms with van der Waals surface area (Å²) in [5.41, 5.74) is 7.63. The van der Waals surface area contributed by atoms with E-state index in [2.05, 4.69) is 57.1 Å². The fraction of sp³-hybridized carbons (Fsp3) is 0.633. The van der Waals surface area contributed by atoms with Gasteiger partial charge in [-0.1, -0.05) is 31.6 Å². The molecular formula is C30H39NO2. The maximum Gasteiger partial charge on any atom is 0.156 e. The molecule has 1 aromatic rings. The zero-order chi connectivity index (χ0) is 23.0. The van der Waals surface area contributed by atoms with E-state index >= 15 is 0 Å². The van der Waals surface area contributed by atoms with Crippen molar-refractivity contribution >= 4 is 11.5 Å². The number of nitrogens with zero attached hydrogens (tertiary/aromatic N) is 1. The lowest BCUT2D eigenvalue weighted by Crippen LogP contribution is -2.51. The summed E-state index contributed by atoms with van der Waals surface area (Å²) in [4.78, 5) is 14.5. The highest BCUT2D eigenvalue weighted by Crippen LogP contribution is 2.69. The van der Waals surface area contributed by atoms with Gasteiger partial charge >= 0.3 is 0 Å². The number of ether oxygens (including phenoxy) is 1. The number of anilines is 1. The van der Waals surface area contributed by atoms with Crippen molar-refractivity contribution in [3.63, 3.8) is 0 Å². The van der Waals surface area contributed by atoms with Gasteiger partial charge in [0.15, 0.2) is 5.78 Å². The molecule has 176 valence electrons. The van der Waals surface area contributed by atoms with Crippen LogP contribution in [0.2, 0.25) is 0 Å². The van der Waals surface area contributed by atoms with Crippen molar-refractivity contribution in [1.29, 1.82) is 0 Å². The molecule has 1 heterocycles. The molecule has 3 fully saturated rings. The molecule has 0 N–H and O–H groups in total. The number of hydrogen-bond acceptors (Lipinski definition) is 3. The third-order valence-corrected chi connectivity index (χ3v) is 10.3. The summed E-state index contributed by atoms with van der Waals surface area (Å²) < 4.78 is 6.66. The first-order valence-corrected chi connectivity index (χ1v) is 13.2. The van der Waals surface area contributed by atoms with Gasteiger partial charge in [-0.3, -0.25) is 4.79 Å². The Morgan fingerprint density at radius 2 is 1.88 bits per heavy atom. The van der Waals surface area contributed by atoms with E-state index in [-0.39, 0.29) is 11.0 Å². The summed E-state index contributed by atoms with van der Waals surface area (Å²) in [7, 11) is 4.22. The largest absolute Gasteiger partial charge is 0.378 e. The number of fused-ring (bicyclic) bond motifs is 5. The van der Waals surface area contributed by atoms with Gasteiger partial charge in [0.25, 0.3) is 0 Å². The number of rotatable bonds is 2. The maximum absolute atomic E-state index is 12.4. The van der Waals surface area contributed by atoms with Gasteiger partial charge in [0, 0.05) is 44.1 Å². The first kappa shape index (κ1) is 21.6. The SMILES string of the molecule is C[C@H]1C[C@@H]2C(=C3CCC(=O)C=C31)[C@@H](c1ccc(N(C)C)cc1)C[C@@]1(C)[C@H]2CC[C@@]12CCCO2. The van der Waals surface area contributed by atoms with Crippen molar-refractivity contribution in [3.05, 3.63) is 52.6 Å². The van der Waals surface area contributed by atoms with E-state index in [4.69, 9.17) is 4.74 Å². The third kappa shape index (κ3) is 3.07. The summed E-state index contributed by atoms with van der Waals surface area (Å²) in [6.07, 6.45) is 11.0. The van der Waals surface area contributed by atoms with Crippen molar-refractivity contribution < 1.29 is 9.53 Å². The van der Waals surface area contributed by atoms with Crippen LogP contribution in [0.4, 0.5) is 5.69 Å². The Labute approximate surface area is 199 Å². The van der Waals surface area contributed by atoms with Crippen LogP contribution in [0, 0.1) is 23.2 Å². The minimum absolute atomic E-state index is 0.0809. The van der Waals surface area contributed by atoms with Crippen LogP contribution in [-0.2, 0) is 9.53 Å². The highest BCUT2D eigenvalue weighted by molar-refractivity contribution is 5.93. The molecule has 0 bridgehead atoms. The monoisotopic (exact) mass is 445 g/mol. The van der Waals surface area contributed by atoms with E-state index in [1.165, 1.54) is 55.3 Å². The van der Waals surface area contributed by atoms with Crippen LogP contribution >= 0.6 is 0 Å². The Hall–Kier alpha value is -1.87. The van der Waals surface area contributed by atoms with Crippen molar-refractivity contribution in [2.75, 3.05) is 25.6 Å². The number of allylic oxidation sites excluding steroid dienone is 4. The maximum atomic E-state index is 12.4. The molecule has 1 spiro atoms. The van der Waals surface area contributed by atoms with E-state index in [1.807, 2.05) is 6.08 Å². The Balaban J connectivity index is 1.51. The molecule has 33 heavy (non-hydrogen) atoms. The van der Waals surface area contributed by atoms with Crippen LogP contribution in [0.5, 0.6) is 0 Å². The van der Waals surface area contributed by atoms with E-state index < -0.39 is 0 Å². The van der Waals surface area contributed by atoms with Crippen LogP contribution in [-0.4, -0.2) is 32.1 Å². The molecule has 2 saturated carbocycles. The predicted molar refractivity (Wildman–Crippen MR) is 133 cm³/mol. The second-order valence-electron chi connectivity index (χ2n) is 12.0.